The molecule has 5 aromatic rings. The zero-order valence-electron chi connectivity index (χ0n) is 18.7. The first-order valence-electron chi connectivity index (χ1n) is 10.7. The summed E-state index contributed by atoms with van der Waals surface area (Å²) in [7, 11) is 1.86. The van der Waals surface area contributed by atoms with E-state index in [1.54, 1.807) is 47.4 Å². The molecule has 0 unspecified atom stereocenters. The maximum atomic E-state index is 13.4. The number of fused-ring (bicyclic) bond motifs is 1. The van der Waals surface area contributed by atoms with Gasteiger partial charge in [0, 0.05) is 42.7 Å². The van der Waals surface area contributed by atoms with Crippen LogP contribution in [0.25, 0.3) is 22.3 Å². The van der Waals surface area contributed by atoms with Crippen LogP contribution >= 0.6 is 0 Å². The number of hydrogen-bond acceptors (Lipinski definition) is 4. The molecule has 2 aromatic carbocycles. The molecule has 3 heterocycles. The van der Waals surface area contributed by atoms with Crippen molar-refractivity contribution in [3.8, 4) is 22.8 Å². The van der Waals surface area contributed by atoms with E-state index < -0.39 is 0 Å². The fourth-order valence-corrected chi connectivity index (χ4v) is 3.82. The zero-order chi connectivity index (χ0) is 23.7. The smallest absolute Gasteiger partial charge is 0.251 e. The number of aryl methyl sites for hydroxylation is 1. The Bertz CT molecular complexity index is 1500. The zero-order valence-corrected chi connectivity index (χ0v) is 18.7. The molecule has 0 saturated heterocycles. The Hall–Kier alpha value is -4.46. The second-order valence-corrected chi connectivity index (χ2v) is 8.00. The number of H-pyrrole nitrogens is 1. The Morgan fingerprint density at radius 2 is 2.00 bits per heavy atom. The summed E-state index contributed by atoms with van der Waals surface area (Å²) >= 11 is 0. The normalized spacial score (nSPS) is 11.0. The van der Waals surface area contributed by atoms with Gasteiger partial charge >= 0.3 is 0 Å². The Morgan fingerprint density at radius 3 is 2.79 bits per heavy atom. The summed E-state index contributed by atoms with van der Waals surface area (Å²) < 4.78 is 21.4. The minimum Gasteiger partial charge on any atom is -0.456 e. The molecule has 0 bridgehead atoms. The van der Waals surface area contributed by atoms with E-state index >= 15 is 0 Å². The number of carbonyl (C=O) groups excluding carboxylic acids is 1. The van der Waals surface area contributed by atoms with Crippen LogP contribution in [0.5, 0.6) is 11.5 Å². The second kappa shape index (κ2) is 8.82. The van der Waals surface area contributed by atoms with Crippen LogP contribution in [-0.2, 0) is 13.6 Å². The molecule has 34 heavy (non-hydrogen) atoms. The summed E-state index contributed by atoms with van der Waals surface area (Å²) in [6.45, 7) is 2.07. The minimum absolute atomic E-state index is 0.229. The van der Waals surface area contributed by atoms with Crippen molar-refractivity contribution in [1.29, 1.82) is 0 Å². The van der Waals surface area contributed by atoms with E-state index in [0.717, 1.165) is 16.6 Å². The number of benzene rings is 2. The molecule has 8 heteroatoms. The summed E-state index contributed by atoms with van der Waals surface area (Å²) in [6, 6.07) is 15.2. The lowest BCUT2D eigenvalue weighted by molar-refractivity contribution is 0.0950. The number of carbonyl (C=O) groups is 1. The second-order valence-electron chi connectivity index (χ2n) is 8.00. The van der Waals surface area contributed by atoms with E-state index in [4.69, 9.17) is 4.74 Å². The summed E-state index contributed by atoms with van der Waals surface area (Å²) in [4.78, 5) is 20.5. The van der Waals surface area contributed by atoms with E-state index in [2.05, 4.69) is 20.4 Å². The van der Waals surface area contributed by atoms with Crippen molar-refractivity contribution in [1.82, 2.24) is 25.1 Å². The lowest BCUT2D eigenvalue weighted by Gasteiger charge is -2.13. The molecule has 0 aliphatic rings. The van der Waals surface area contributed by atoms with Gasteiger partial charge < -0.3 is 15.0 Å². The molecular weight excluding hydrogens is 433 g/mol. The molecule has 1 amide bonds. The van der Waals surface area contributed by atoms with Gasteiger partial charge in [0.2, 0.25) is 0 Å². The van der Waals surface area contributed by atoms with Crippen LogP contribution in [0.2, 0.25) is 0 Å². The number of aromatic amines is 1. The van der Waals surface area contributed by atoms with Gasteiger partial charge in [-0.2, -0.15) is 5.10 Å². The molecule has 0 atom stereocenters. The molecule has 0 spiro atoms. The van der Waals surface area contributed by atoms with Crippen molar-refractivity contribution in [2.75, 3.05) is 0 Å². The highest BCUT2D eigenvalue weighted by molar-refractivity contribution is 5.96. The fraction of sp³-hybridized carbons (Fsp3) is 0.115. The Balaban J connectivity index is 1.39. The summed E-state index contributed by atoms with van der Waals surface area (Å²) in [6.07, 6.45) is 5.37. The lowest BCUT2D eigenvalue weighted by Crippen LogP contribution is -2.23. The molecular formula is C26H22FN5O2. The first kappa shape index (κ1) is 21.4. The molecule has 0 radical (unpaired) electrons. The minimum atomic E-state index is -0.335. The first-order valence-corrected chi connectivity index (χ1v) is 10.7. The molecule has 2 N–H and O–H groups in total. The van der Waals surface area contributed by atoms with Crippen LogP contribution in [0.3, 0.4) is 0 Å². The number of ether oxygens (including phenoxy) is 1. The number of nitrogens with one attached hydrogen (secondary N) is 2. The molecule has 5 rings (SSSR count). The van der Waals surface area contributed by atoms with Crippen LogP contribution < -0.4 is 10.1 Å². The molecule has 0 fully saturated rings. The molecule has 7 nitrogen and oxygen atoms in total. The SMILES string of the molecule is Cc1c(Oc2ccnc3[nH]c(-c4cnn(C)c4)cc23)cccc1C(=O)NCc1cccc(F)c1. The highest BCUT2D eigenvalue weighted by Gasteiger charge is 2.15. The molecule has 0 aliphatic heterocycles. The van der Waals surface area contributed by atoms with E-state index in [1.165, 1.54) is 12.1 Å². The van der Waals surface area contributed by atoms with Crippen molar-refractivity contribution in [3.05, 3.63) is 95.7 Å². The standard InChI is InChI=1S/C26H22FN5O2/c1-16-20(26(33)29-13-17-5-3-6-19(27)11-17)7-4-8-23(16)34-24-9-10-28-25-21(24)12-22(31-25)18-14-30-32(2)15-18/h3-12,14-15H,13H2,1-2H3,(H,28,31)(H,29,33). The van der Waals surface area contributed by atoms with Gasteiger partial charge in [0.15, 0.2) is 0 Å². The average molecular weight is 455 g/mol. The predicted octanol–water partition coefficient (Wildman–Crippen LogP) is 5.13. The van der Waals surface area contributed by atoms with Gasteiger partial charge in [-0.15, -0.1) is 0 Å². The highest BCUT2D eigenvalue weighted by Crippen LogP contribution is 2.34. The number of pyridine rings is 1. The van der Waals surface area contributed by atoms with Gasteiger partial charge in [-0.1, -0.05) is 18.2 Å². The fourth-order valence-electron chi connectivity index (χ4n) is 3.82. The third-order valence-electron chi connectivity index (χ3n) is 5.60. The maximum Gasteiger partial charge on any atom is 0.251 e. The van der Waals surface area contributed by atoms with Crippen molar-refractivity contribution in [2.24, 2.45) is 7.05 Å². The quantitative estimate of drug-likeness (QED) is 0.372. The largest absolute Gasteiger partial charge is 0.456 e. The van der Waals surface area contributed by atoms with Crippen LogP contribution in [0, 0.1) is 12.7 Å². The molecule has 170 valence electrons. The Kier molecular flexibility index (Phi) is 5.55. The van der Waals surface area contributed by atoms with E-state index in [-0.39, 0.29) is 18.3 Å². The average Bonchev–Trinajstić information content (AvgIpc) is 3.45. The van der Waals surface area contributed by atoms with Crippen LogP contribution in [0.15, 0.2) is 73.2 Å². The third-order valence-corrected chi connectivity index (χ3v) is 5.60. The van der Waals surface area contributed by atoms with Gasteiger partial charge in [-0.05, 0) is 48.9 Å². The molecule has 0 aliphatic carbocycles. The van der Waals surface area contributed by atoms with Crippen LogP contribution in [0.1, 0.15) is 21.5 Å². The van der Waals surface area contributed by atoms with Crippen molar-refractivity contribution in [2.45, 2.75) is 13.5 Å². The summed E-state index contributed by atoms with van der Waals surface area (Å²) in [5, 5.41) is 7.88. The van der Waals surface area contributed by atoms with Gasteiger partial charge in [-0.3, -0.25) is 9.48 Å². The third kappa shape index (κ3) is 4.25. The predicted molar refractivity (Wildman–Crippen MR) is 127 cm³/mol. The maximum absolute atomic E-state index is 13.4. The molecule has 3 aromatic heterocycles. The number of aromatic nitrogens is 4. The Labute approximate surface area is 195 Å². The first-order chi connectivity index (χ1) is 16.5. The molecule has 0 saturated carbocycles. The van der Waals surface area contributed by atoms with E-state index in [0.29, 0.717) is 33.8 Å². The lowest BCUT2D eigenvalue weighted by atomic mass is 10.1. The number of nitrogens with zero attached hydrogens (tertiary/aromatic N) is 3. The van der Waals surface area contributed by atoms with Gasteiger partial charge in [0.25, 0.3) is 5.91 Å². The number of halogens is 1. The van der Waals surface area contributed by atoms with E-state index in [1.807, 2.05) is 32.3 Å². The topological polar surface area (TPSA) is 84.8 Å². The monoisotopic (exact) mass is 455 g/mol. The number of amides is 1. The summed E-state index contributed by atoms with van der Waals surface area (Å²) in [5.74, 6) is 0.595. The Morgan fingerprint density at radius 1 is 1.15 bits per heavy atom. The van der Waals surface area contributed by atoms with Crippen LogP contribution in [0.4, 0.5) is 4.39 Å². The van der Waals surface area contributed by atoms with Gasteiger partial charge in [-0.25, -0.2) is 9.37 Å². The summed E-state index contributed by atoms with van der Waals surface area (Å²) in [5.41, 5.74) is 4.40. The van der Waals surface area contributed by atoms with Crippen molar-refractivity contribution in [3.63, 3.8) is 0 Å². The van der Waals surface area contributed by atoms with Crippen molar-refractivity contribution >= 4 is 16.9 Å². The van der Waals surface area contributed by atoms with Crippen LogP contribution in [-0.4, -0.2) is 25.7 Å². The van der Waals surface area contributed by atoms with Gasteiger partial charge in [0.1, 0.15) is 23.0 Å². The van der Waals surface area contributed by atoms with E-state index in [9.17, 15) is 9.18 Å². The number of hydrogen-bond donors (Lipinski definition) is 2. The number of rotatable bonds is 6. The van der Waals surface area contributed by atoms with Crippen molar-refractivity contribution < 1.29 is 13.9 Å². The highest BCUT2D eigenvalue weighted by atomic mass is 19.1. The van der Waals surface area contributed by atoms with Gasteiger partial charge in [0.05, 0.1) is 17.3 Å².